The molecule has 2 N–H and O–H groups in total. The van der Waals surface area contributed by atoms with Gasteiger partial charge in [-0.3, -0.25) is 4.79 Å². The maximum absolute atomic E-state index is 13.5. The van der Waals surface area contributed by atoms with Gasteiger partial charge in [-0.1, -0.05) is 44.0 Å². The third-order valence-corrected chi connectivity index (χ3v) is 10.9. The Balaban J connectivity index is 1.56. The molecule has 0 aromatic heterocycles. The van der Waals surface area contributed by atoms with Crippen molar-refractivity contribution in [1.82, 2.24) is 0 Å². The number of ether oxygens (including phenoxy) is 3. The molecule has 5 rings (SSSR count). The maximum atomic E-state index is 13.5. The number of rotatable bonds is 8. The van der Waals surface area contributed by atoms with E-state index in [0.717, 1.165) is 24.7 Å². The molecule has 0 spiro atoms. The Bertz CT molecular complexity index is 1040. The summed E-state index contributed by atoms with van der Waals surface area (Å²) in [7, 11) is 1.46. The van der Waals surface area contributed by atoms with Crippen LogP contribution in [0.25, 0.3) is 10.4 Å². The molecule has 37 heavy (non-hydrogen) atoms. The van der Waals surface area contributed by atoms with Crippen molar-refractivity contribution in [2.45, 2.75) is 84.0 Å². The summed E-state index contributed by atoms with van der Waals surface area (Å²) >= 11 is 0. The maximum Gasteiger partial charge on any atom is 0.315 e. The van der Waals surface area contributed by atoms with Crippen LogP contribution in [0.1, 0.15) is 53.4 Å². The van der Waals surface area contributed by atoms with Crippen molar-refractivity contribution in [3.05, 3.63) is 22.1 Å². The highest BCUT2D eigenvalue weighted by atomic mass is 16.7. The molecule has 5 aliphatic rings. The fourth-order valence-electron chi connectivity index (χ4n) is 9.53. The van der Waals surface area contributed by atoms with Gasteiger partial charge in [0.15, 0.2) is 6.29 Å². The van der Waals surface area contributed by atoms with Crippen LogP contribution in [0.2, 0.25) is 0 Å². The third-order valence-electron chi connectivity index (χ3n) is 10.9. The lowest BCUT2D eigenvalue weighted by molar-refractivity contribution is -0.284. The molecule has 4 bridgehead atoms. The zero-order valence-electron chi connectivity index (χ0n) is 22.2. The lowest BCUT2D eigenvalue weighted by atomic mass is 9.43. The number of carboxylic acids is 1. The highest BCUT2D eigenvalue weighted by molar-refractivity contribution is 5.90. The number of fused-ring (bicyclic) bond motifs is 2. The van der Waals surface area contributed by atoms with Gasteiger partial charge < -0.3 is 29.2 Å². The van der Waals surface area contributed by atoms with Gasteiger partial charge in [-0.2, -0.15) is 0 Å². The fourth-order valence-corrected chi connectivity index (χ4v) is 9.53. The van der Waals surface area contributed by atoms with Crippen LogP contribution in [-0.2, 0) is 23.8 Å². The Hall–Kier alpha value is -1.97. The van der Waals surface area contributed by atoms with Gasteiger partial charge in [-0.05, 0) is 61.3 Å². The average molecular weight is 518 g/mol. The molecular formula is C27H39N3O7. The molecule has 0 aromatic carbocycles. The van der Waals surface area contributed by atoms with Crippen molar-refractivity contribution in [3.8, 4) is 0 Å². The van der Waals surface area contributed by atoms with E-state index in [2.05, 4.69) is 23.0 Å². The van der Waals surface area contributed by atoms with Crippen LogP contribution in [-0.4, -0.2) is 66.8 Å². The first-order valence-electron chi connectivity index (χ1n) is 13.5. The number of aliphatic hydroxyl groups excluding tert-OH is 1. The molecule has 12 atom stereocenters. The van der Waals surface area contributed by atoms with E-state index in [1.807, 2.05) is 13.8 Å². The van der Waals surface area contributed by atoms with Crippen LogP contribution in [0.15, 0.2) is 16.8 Å². The molecule has 1 saturated heterocycles. The van der Waals surface area contributed by atoms with E-state index in [4.69, 9.17) is 19.7 Å². The molecule has 204 valence electrons. The Labute approximate surface area is 217 Å². The van der Waals surface area contributed by atoms with Crippen molar-refractivity contribution in [1.29, 1.82) is 0 Å². The summed E-state index contributed by atoms with van der Waals surface area (Å²) in [4.78, 5) is 29.5. The van der Waals surface area contributed by atoms with Crippen LogP contribution < -0.4 is 0 Å². The van der Waals surface area contributed by atoms with Gasteiger partial charge in [-0.25, -0.2) is 0 Å². The smallest absolute Gasteiger partial charge is 0.315 e. The number of azide groups is 1. The number of carbonyl (C=O) groups is 2. The second-order valence-corrected chi connectivity index (χ2v) is 12.4. The largest absolute Gasteiger partial charge is 0.481 e. The number of methoxy groups -OCH3 is 1. The summed E-state index contributed by atoms with van der Waals surface area (Å²) in [5.41, 5.74) is 6.71. The van der Waals surface area contributed by atoms with Crippen LogP contribution in [0.5, 0.6) is 0 Å². The van der Waals surface area contributed by atoms with Crippen molar-refractivity contribution >= 4 is 12.3 Å². The van der Waals surface area contributed by atoms with E-state index in [0.29, 0.717) is 18.8 Å². The third kappa shape index (κ3) is 3.16. The summed E-state index contributed by atoms with van der Waals surface area (Å²) in [6, 6.07) is -0.918. The molecule has 10 heteroatoms. The standard InChI is InChI=1S/C27H39N3O7/c1-13(2)19-8-16-9-25(11-31)18-7-6-14(3)17(18)10-26(16,27(19,25)24(33)34)12-36-23-21(32)20(29-30-28)22(35-5)15(4)37-23/h8,11,13-18,20-23,32H,6-7,9-10,12H2,1-5H3,(H,33,34)/t14?,15-,16?,17?,18?,20-,21-,22-,23-,25?,26?,27?/m1/s1. The number of carboxylic acid groups (broad SMARTS) is 1. The molecule has 7 unspecified atom stereocenters. The monoisotopic (exact) mass is 517 g/mol. The van der Waals surface area contributed by atoms with Crippen LogP contribution >= 0.6 is 0 Å². The molecule has 0 amide bonds. The summed E-state index contributed by atoms with van der Waals surface area (Å²) in [5, 5.41) is 25.9. The van der Waals surface area contributed by atoms with E-state index in [1.165, 1.54) is 7.11 Å². The van der Waals surface area contributed by atoms with Gasteiger partial charge in [0, 0.05) is 17.4 Å². The Morgan fingerprint density at radius 1 is 1.35 bits per heavy atom. The number of aliphatic hydroxyl groups is 1. The molecule has 4 fully saturated rings. The molecule has 1 aliphatic heterocycles. The van der Waals surface area contributed by atoms with Crippen LogP contribution in [0.4, 0.5) is 0 Å². The minimum Gasteiger partial charge on any atom is -0.481 e. The summed E-state index contributed by atoms with van der Waals surface area (Å²) in [5.74, 6) is -0.457. The van der Waals surface area contributed by atoms with E-state index in [1.54, 1.807) is 6.92 Å². The number of carbonyl (C=O) groups excluding carboxylic acids is 1. The van der Waals surface area contributed by atoms with E-state index in [9.17, 15) is 19.8 Å². The normalized spacial score (nSPS) is 49.9. The summed E-state index contributed by atoms with van der Waals surface area (Å²) in [6.07, 6.45) is 2.51. The van der Waals surface area contributed by atoms with E-state index in [-0.39, 0.29) is 30.3 Å². The molecule has 1 heterocycles. The number of hydrogen-bond acceptors (Lipinski definition) is 7. The van der Waals surface area contributed by atoms with Gasteiger partial charge in [0.25, 0.3) is 0 Å². The number of nitrogens with zero attached hydrogens (tertiary/aromatic N) is 3. The van der Waals surface area contributed by atoms with E-state index >= 15 is 0 Å². The van der Waals surface area contributed by atoms with Gasteiger partial charge in [0.05, 0.1) is 30.3 Å². The molecule has 0 radical (unpaired) electrons. The first-order chi connectivity index (χ1) is 17.6. The van der Waals surface area contributed by atoms with Crippen molar-refractivity contribution < 1.29 is 34.0 Å². The van der Waals surface area contributed by atoms with Crippen molar-refractivity contribution in [2.75, 3.05) is 13.7 Å². The predicted molar refractivity (Wildman–Crippen MR) is 132 cm³/mol. The first kappa shape index (κ1) is 26.6. The van der Waals surface area contributed by atoms with Crippen molar-refractivity contribution in [2.24, 2.45) is 50.9 Å². The lowest BCUT2D eigenvalue weighted by Gasteiger charge is -2.58. The fraction of sp³-hybridized carbons (Fsp3) is 0.852. The number of aliphatic carboxylic acids is 1. The lowest BCUT2D eigenvalue weighted by Crippen LogP contribution is -2.64. The Morgan fingerprint density at radius 3 is 2.68 bits per heavy atom. The van der Waals surface area contributed by atoms with Crippen LogP contribution in [0, 0.1) is 45.8 Å². The van der Waals surface area contributed by atoms with Gasteiger partial charge in [-0.15, -0.1) is 0 Å². The van der Waals surface area contributed by atoms with Gasteiger partial charge in [0.2, 0.25) is 0 Å². The number of hydrogen-bond donors (Lipinski definition) is 2. The molecule has 3 saturated carbocycles. The van der Waals surface area contributed by atoms with Crippen molar-refractivity contribution in [3.63, 3.8) is 0 Å². The summed E-state index contributed by atoms with van der Waals surface area (Å²) < 4.78 is 17.7. The minimum atomic E-state index is -1.36. The average Bonchev–Trinajstić information content (AvgIpc) is 3.43. The highest BCUT2D eigenvalue weighted by Crippen LogP contribution is 2.82. The molecule has 0 aromatic rings. The summed E-state index contributed by atoms with van der Waals surface area (Å²) in [6.45, 7) is 7.99. The number of allylic oxidation sites excluding steroid dienone is 1. The molecule has 4 aliphatic carbocycles. The van der Waals surface area contributed by atoms with Gasteiger partial charge in [0.1, 0.15) is 17.8 Å². The van der Waals surface area contributed by atoms with E-state index < -0.39 is 52.9 Å². The molecule has 10 nitrogen and oxygen atoms in total. The second kappa shape index (κ2) is 9.06. The Kier molecular flexibility index (Phi) is 6.52. The quantitative estimate of drug-likeness (QED) is 0.164. The number of aldehydes is 1. The first-order valence-corrected chi connectivity index (χ1v) is 13.5. The SMILES string of the molecule is CO[C@H]1[C@H](N=[N+]=[N-])[C@@H](O)[C@H](OCC23CC4C(C)CCC4C4(C=O)CC2C=C(C(C)C)C43C(=O)O)O[C@@H]1C. The van der Waals surface area contributed by atoms with Crippen LogP contribution in [0.3, 0.4) is 0 Å². The predicted octanol–water partition coefficient (Wildman–Crippen LogP) is 3.73. The van der Waals surface area contributed by atoms with Gasteiger partial charge >= 0.3 is 5.97 Å². The zero-order chi connectivity index (χ0) is 26.9. The molecular weight excluding hydrogens is 478 g/mol. The minimum absolute atomic E-state index is 0.0251. The highest BCUT2D eigenvalue weighted by Gasteiger charge is 2.84. The zero-order valence-corrected chi connectivity index (χ0v) is 22.2. The topological polar surface area (TPSA) is 151 Å². The second-order valence-electron chi connectivity index (χ2n) is 12.4. The Morgan fingerprint density at radius 2 is 2.08 bits per heavy atom.